The van der Waals surface area contributed by atoms with Gasteiger partial charge in [-0.25, -0.2) is 8.42 Å². The first kappa shape index (κ1) is 12.8. The maximum atomic E-state index is 12.2. The molecule has 2 atom stereocenters. The summed E-state index contributed by atoms with van der Waals surface area (Å²) in [4.78, 5) is 11.0. The zero-order valence-electron chi connectivity index (χ0n) is 9.28. The van der Waals surface area contributed by atoms with Crippen LogP contribution >= 0.6 is 0 Å². The van der Waals surface area contributed by atoms with Gasteiger partial charge in [-0.05, 0) is 0 Å². The number of anilines is 1. The van der Waals surface area contributed by atoms with Crippen molar-refractivity contribution in [1.82, 2.24) is 14.5 Å². The number of H-pyrrole nitrogens is 1. The molecule has 1 fully saturated rings. The molecule has 1 aromatic rings. The van der Waals surface area contributed by atoms with E-state index in [0.717, 1.165) is 10.5 Å². The van der Waals surface area contributed by atoms with Crippen LogP contribution in [0, 0.1) is 0 Å². The second-order valence-electron chi connectivity index (χ2n) is 4.03. The van der Waals surface area contributed by atoms with Crippen molar-refractivity contribution in [1.29, 1.82) is 0 Å². The van der Waals surface area contributed by atoms with E-state index in [1.807, 2.05) is 0 Å². The number of aliphatic hydroxyl groups is 1. The van der Waals surface area contributed by atoms with Crippen LogP contribution in [0.25, 0.3) is 0 Å². The van der Waals surface area contributed by atoms with E-state index >= 15 is 0 Å². The molecule has 2 unspecified atom stereocenters. The van der Waals surface area contributed by atoms with Crippen LogP contribution in [0.3, 0.4) is 0 Å². The average Bonchev–Trinajstić information content (AvgIpc) is 2.84. The molecule has 2 rings (SSSR count). The van der Waals surface area contributed by atoms with Crippen LogP contribution in [0.4, 0.5) is 5.82 Å². The topological polar surface area (TPSA) is 155 Å². The van der Waals surface area contributed by atoms with E-state index in [1.54, 1.807) is 0 Å². The van der Waals surface area contributed by atoms with Crippen molar-refractivity contribution in [3.05, 3.63) is 6.20 Å². The van der Waals surface area contributed by atoms with Gasteiger partial charge in [-0.3, -0.25) is 9.89 Å². The Morgan fingerprint density at radius 1 is 1.61 bits per heavy atom. The molecular formula is C8H13N5O4S. The zero-order valence-corrected chi connectivity index (χ0v) is 10.1. The van der Waals surface area contributed by atoms with Crippen LogP contribution in [-0.2, 0) is 14.8 Å². The summed E-state index contributed by atoms with van der Waals surface area (Å²) in [5.74, 6) is -0.934. The van der Waals surface area contributed by atoms with Gasteiger partial charge in [-0.15, -0.1) is 0 Å². The number of nitrogens with one attached hydrogen (secondary N) is 1. The number of aromatic amines is 1. The minimum absolute atomic E-state index is 0.0215. The average molecular weight is 275 g/mol. The van der Waals surface area contributed by atoms with Gasteiger partial charge in [-0.2, -0.15) is 9.40 Å². The molecule has 0 radical (unpaired) electrons. The number of amides is 1. The van der Waals surface area contributed by atoms with E-state index in [9.17, 15) is 18.3 Å². The lowest BCUT2D eigenvalue weighted by molar-refractivity contribution is -0.121. The molecular weight excluding hydrogens is 262 g/mol. The molecule has 1 amide bonds. The standard InChI is InChI=1S/C8H13N5O4S/c9-7-6(2-11-12-7)18(16,17)13-3-4(14)1-5(13)8(10)15/h2,4-5,14H,1,3H2,(H2,10,15)(H3,9,11,12). The van der Waals surface area contributed by atoms with E-state index in [-0.39, 0.29) is 23.7 Å². The lowest BCUT2D eigenvalue weighted by atomic mass is 10.2. The van der Waals surface area contributed by atoms with Gasteiger partial charge < -0.3 is 16.6 Å². The van der Waals surface area contributed by atoms with Crippen molar-refractivity contribution in [2.45, 2.75) is 23.5 Å². The van der Waals surface area contributed by atoms with Crippen molar-refractivity contribution in [3.8, 4) is 0 Å². The number of sulfonamides is 1. The van der Waals surface area contributed by atoms with Gasteiger partial charge in [0.05, 0.1) is 12.3 Å². The number of nitrogens with zero attached hydrogens (tertiary/aromatic N) is 2. The third kappa shape index (κ3) is 1.94. The largest absolute Gasteiger partial charge is 0.392 e. The molecule has 6 N–H and O–H groups in total. The van der Waals surface area contributed by atoms with E-state index in [1.165, 1.54) is 0 Å². The Morgan fingerprint density at radius 3 is 2.78 bits per heavy atom. The third-order valence-electron chi connectivity index (χ3n) is 2.78. The number of carbonyl (C=O) groups excluding carboxylic acids is 1. The minimum atomic E-state index is -4.00. The number of primary amides is 1. The summed E-state index contributed by atoms with van der Waals surface area (Å²) in [7, 11) is -4.00. The zero-order chi connectivity index (χ0) is 13.5. The first-order valence-electron chi connectivity index (χ1n) is 5.12. The fourth-order valence-corrected chi connectivity index (χ4v) is 3.58. The number of aromatic nitrogens is 2. The molecule has 9 nitrogen and oxygen atoms in total. The van der Waals surface area contributed by atoms with E-state index in [0.29, 0.717) is 0 Å². The van der Waals surface area contributed by atoms with E-state index in [4.69, 9.17) is 11.5 Å². The van der Waals surface area contributed by atoms with E-state index < -0.39 is 28.1 Å². The molecule has 10 heteroatoms. The number of carbonyl (C=O) groups is 1. The number of hydrogen-bond donors (Lipinski definition) is 4. The van der Waals surface area contributed by atoms with Crippen LogP contribution in [0.2, 0.25) is 0 Å². The minimum Gasteiger partial charge on any atom is -0.392 e. The van der Waals surface area contributed by atoms with Gasteiger partial charge in [0.2, 0.25) is 15.9 Å². The fraction of sp³-hybridized carbons (Fsp3) is 0.500. The summed E-state index contributed by atoms with van der Waals surface area (Å²) in [6.45, 7) is -0.194. The van der Waals surface area contributed by atoms with Gasteiger partial charge in [0.25, 0.3) is 0 Å². The maximum absolute atomic E-state index is 12.2. The summed E-state index contributed by atoms with van der Waals surface area (Å²) in [6.07, 6.45) is 0.102. The molecule has 100 valence electrons. The Bertz CT molecular complexity index is 568. The normalized spacial score (nSPS) is 25.4. The Hall–Kier alpha value is -1.65. The molecule has 0 spiro atoms. The molecule has 0 aliphatic carbocycles. The molecule has 1 aliphatic rings. The highest BCUT2D eigenvalue weighted by molar-refractivity contribution is 7.89. The van der Waals surface area contributed by atoms with Crippen molar-refractivity contribution in [2.24, 2.45) is 5.73 Å². The quantitative estimate of drug-likeness (QED) is 0.482. The number of hydrogen-bond acceptors (Lipinski definition) is 6. The monoisotopic (exact) mass is 275 g/mol. The van der Waals surface area contributed by atoms with Crippen LogP contribution in [-0.4, -0.2) is 52.6 Å². The molecule has 1 aliphatic heterocycles. The fourth-order valence-electron chi connectivity index (χ4n) is 1.93. The second kappa shape index (κ2) is 4.23. The second-order valence-corrected chi connectivity index (χ2v) is 5.89. The highest BCUT2D eigenvalue weighted by Gasteiger charge is 2.43. The Labute approximate surface area is 103 Å². The Morgan fingerprint density at radius 2 is 2.28 bits per heavy atom. The predicted molar refractivity (Wildman–Crippen MR) is 60.5 cm³/mol. The Balaban J connectivity index is 2.41. The van der Waals surface area contributed by atoms with Crippen LogP contribution < -0.4 is 11.5 Å². The van der Waals surface area contributed by atoms with Crippen LogP contribution in [0.15, 0.2) is 11.1 Å². The summed E-state index contributed by atoms with van der Waals surface area (Å²) in [6, 6.07) is -1.07. The van der Waals surface area contributed by atoms with Crippen LogP contribution in [0.1, 0.15) is 6.42 Å². The number of rotatable bonds is 3. The van der Waals surface area contributed by atoms with Crippen molar-refractivity contribution in [2.75, 3.05) is 12.3 Å². The van der Waals surface area contributed by atoms with Gasteiger partial charge in [0.1, 0.15) is 16.8 Å². The summed E-state index contributed by atoms with van der Waals surface area (Å²) >= 11 is 0. The Kier molecular flexibility index (Phi) is 3.00. The van der Waals surface area contributed by atoms with Crippen molar-refractivity contribution < 1.29 is 18.3 Å². The third-order valence-corrected chi connectivity index (χ3v) is 4.68. The predicted octanol–water partition coefficient (Wildman–Crippen LogP) is -2.40. The van der Waals surface area contributed by atoms with Crippen LogP contribution in [0.5, 0.6) is 0 Å². The summed E-state index contributed by atoms with van der Waals surface area (Å²) in [5, 5.41) is 15.3. The molecule has 0 saturated carbocycles. The lowest BCUT2D eigenvalue weighted by Crippen LogP contribution is -2.43. The molecule has 1 saturated heterocycles. The van der Waals surface area contributed by atoms with Gasteiger partial charge in [-0.1, -0.05) is 0 Å². The first-order valence-corrected chi connectivity index (χ1v) is 6.56. The van der Waals surface area contributed by atoms with Gasteiger partial charge in [0, 0.05) is 13.0 Å². The van der Waals surface area contributed by atoms with E-state index in [2.05, 4.69) is 10.2 Å². The number of β-amino-alcohol motifs (C(OH)–C–C–N with tert-alkyl or cyclic N) is 1. The molecule has 0 aromatic carbocycles. The maximum Gasteiger partial charge on any atom is 0.249 e. The molecule has 2 heterocycles. The summed E-state index contributed by atoms with van der Waals surface area (Å²) < 4.78 is 25.3. The van der Waals surface area contributed by atoms with Crippen molar-refractivity contribution in [3.63, 3.8) is 0 Å². The molecule has 1 aromatic heterocycles. The number of nitrogens with two attached hydrogens (primary N) is 2. The van der Waals surface area contributed by atoms with Gasteiger partial charge in [0.15, 0.2) is 0 Å². The molecule has 18 heavy (non-hydrogen) atoms. The smallest absolute Gasteiger partial charge is 0.249 e. The highest BCUT2D eigenvalue weighted by Crippen LogP contribution is 2.27. The SMILES string of the molecule is NC(=O)C1CC(O)CN1S(=O)(=O)c1cn[nH]c1N. The summed E-state index contributed by atoms with van der Waals surface area (Å²) in [5.41, 5.74) is 10.6. The van der Waals surface area contributed by atoms with Crippen molar-refractivity contribution >= 4 is 21.7 Å². The highest BCUT2D eigenvalue weighted by atomic mass is 32.2. The molecule has 0 bridgehead atoms. The lowest BCUT2D eigenvalue weighted by Gasteiger charge is -2.20. The number of aliphatic hydroxyl groups excluding tert-OH is 1. The number of nitrogen functional groups attached to an aromatic ring is 1. The van der Waals surface area contributed by atoms with Gasteiger partial charge >= 0.3 is 0 Å². The first-order chi connectivity index (χ1) is 8.34.